The number of carbonyl (C=O) groups is 1. The quantitative estimate of drug-likeness (QED) is 0.768. The first kappa shape index (κ1) is 19.6. The van der Waals surface area contributed by atoms with Crippen LogP contribution >= 0.6 is 0 Å². The number of para-hydroxylation sites is 1. The fourth-order valence-corrected chi connectivity index (χ4v) is 2.55. The van der Waals surface area contributed by atoms with E-state index in [1.165, 1.54) is 0 Å². The van der Waals surface area contributed by atoms with Crippen LogP contribution in [0.5, 0.6) is 5.75 Å². The molecule has 0 atom stereocenters. The number of amides is 1. The van der Waals surface area contributed by atoms with Crippen molar-refractivity contribution in [2.24, 2.45) is 0 Å². The minimum atomic E-state index is -0.846. The Labute approximate surface area is 155 Å². The smallest absolute Gasteiger partial charge is 0.408 e. The van der Waals surface area contributed by atoms with E-state index in [0.29, 0.717) is 18.0 Å². The molecule has 0 spiro atoms. The highest BCUT2D eigenvalue weighted by Crippen LogP contribution is 2.33. The highest BCUT2D eigenvalue weighted by atomic mass is 16.6. The molecule has 3 N–H and O–H groups in total. The molecule has 5 nitrogen and oxygen atoms in total. The van der Waals surface area contributed by atoms with Crippen LogP contribution < -0.4 is 15.8 Å². The van der Waals surface area contributed by atoms with Gasteiger partial charge in [0.15, 0.2) is 0 Å². The molecule has 0 aliphatic heterocycles. The van der Waals surface area contributed by atoms with Crippen molar-refractivity contribution < 1.29 is 14.3 Å². The summed E-state index contributed by atoms with van der Waals surface area (Å²) in [6, 6.07) is 15.1. The Balaban J connectivity index is 2.15. The average molecular weight is 356 g/mol. The van der Waals surface area contributed by atoms with E-state index < -0.39 is 11.7 Å². The van der Waals surface area contributed by atoms with E-state index in [4.69, 9.17) is 15.2 Å². The van der Waals surface area contributed by atoms with Gasteiger partial charge in [0, 0.05) is 16.8 Å². The van der Waals surface area contributed by atoms with Gasteiger partial charge in [0.1, 0.15) is 18.0 Å². The maximum atomic E-state index is 12.2. The Bertz CT molecular complexity index is 764. The lowest BCUT2D eigenvalue weighted by atomic mass is 9.97. The van der Waals surface area contributed by atoms with Gasteiger partial charge in [0.05, 0.1) is 0 Å². The summed E-state index contributed by atoms with van der Waals surface area (Å²) in [6.45, 7) is 9.79. The third kappa shape index (κ3) is 5.69. The van der Waals surface area contributed by atoms with Crippen LogP contribution in [-0.2, 0) is 16.9 Å². The zero-order valence-electron chi connectivity index (χ0n) is 16.1. The van der Waals surface area contributed by atoms with Crippen molar-refractivity contribution >= 4 is 11.8 Å². The molecule has 5 heteroatoms. The van der Waals surface area contributed by atoms with Gasteiger partial charge in [-0.1, -0.05) is 30.3 Å². The summed E-state index contributed by atoms with van der Waals surface area (Å²) < 4.78 is 11.6. The first-order valence-corrected chi connectivity index (χ1v) is 8.65. The second kappa shape index (κ2) is 7.68. The van der Waals surface area contributed by atoms with Crippen LogP contribution in [0.25, 0.3) is 0 Å². The van der Waals surface area contributed by atoms with Crippen molar-refractivity contribution in [3.8, 4) is 5.75 Å². The third-order valence-electron chi connectivity index (χ3n) is 3.71. The van der Waals surface area contributed by atoms with Crippen LogP contribution in [-0.4, -0.2) is 11.6 Å². The van der Waals surface area contributed by atoms with Crippen LogP contribution in [0.3, 0.4) is 0 Å². The number of nitrogen functional groups attached to an aromatic ring is 1. The lowest BCUT2D eigenvalue weighted by molar-refractivity contribution is 0.0300. The average Bonchev–Trinajstić information content (AvgIpc) is 2.51. The zero-order valence-corrected chi connectivity index (χ0v) is 16.1. The number of benzene rings is 2. The van der Waals surface area contributed by atoms with Crippen molar-refractivity contribution in [3.63, 3.8) is 0 Å². The number of alkyl carbamates (subject to hydrolysis) is 1. The maximum absolute atomic E-state index is 12.2. The molecule has 0 heterocycles. The molecule has 0 aromatic heterocycles. The molecule has 2 aromatic rings. The fourth-order valence-electron chi connectivity index (χ4n) is 2.55. The molecule has 2 aromatic carbocycles. The number of nitrogens with one attached hydrogen (secondary N) is 1. The lowest BCUT2D eigenvalue weighted by Crippen LogP contribution is -2.43. The number of nitrogens with two attached hydrogens (primary N) is 1. The van der Waals surface area contributed by atoms with Crippen LogP contribution in [0.2, 0.25) is 0 Å². The van der Waals surface area contributed by atoms with E-state index in [1.807, 2.05) is 83.1 Å². The summed E-state index contributed by atoms with van der Waals surface area (Å²) in [7, 11) is 0. The normalized spacial score (nSPS) is 11.7. The van der Waals surface area contributed by atoms with Gasteiger partial charge < -0.3 is 20.5 Å². The molecule has 0 bridgehead atoms. The fraction of sp³-hybridized carbons (Fsp3) is 0.381. The molecule has 0 fully saturated rings. The van der Waals surface area contributed by atoms with Gasteiger partial charge in [0.25, 0.3) is 0 Å². The SMILES string of the molecule is CC(C)(C)NC(=O)OC(C)(C)c1ccccc1OCc1cccc(N)c1. The Kier molecular flexibility index (Phi) is 5.80. The zero-order chi connectivity index (χ0) is 19.4. The van der Waals surface area contributed by atoms with E-state index in [0.717, 1.165) is 11.1 Å². The van der Waals surface area contributed by atoms with Gasteiger partial charge in [0.2, 0.25) is 0 Å². The number of hydrogen-bond acceptors (Lipinski definition) is 4. The molecular formula is C21H28N2O3. The number of anilines is 1. The molecule has 1 amide bonds. The largest absolute Gasteiger partial charge is 0.488 e. The van der Waals surface area contributed by atoms with Crippen LogP contribution in [0.4, 0.5) is 10.5 Å². The summed E-state index contributed by atoms with van der Waals surface area (Å²) in [5, 5.41) is 2.81. The summed E-state index contributed by atoms with van der Waals surface area (Å²) >= 11 is 0. The maximum Gasteiger partial charge on any atom is 0.408 e. The van der Waals surface area contributed by atoms with Crippen molar-refractivity contribution in [2.75, 3.05) is 5.73 Å². The lowest BCUT2D eigenvalue weighted by Gasteiger charge is -2.30. The van der Waals surface area contributed by atoms with Gasteiger partial charge >= 0.3 is 6.09 Å². The third-order valence-corrected chi connectivity index (χ3v) is 3.71. The van der Waals surface area contributed by atoms with Gasteiger partial charge in [-0.3, -0.25) is 0 Å². The second-order valence-electron chi connectivity index (χ2n) is 7.80. The summed E-state index contributed by atoms with van der Waals surface area (Å²) in [5.41, 5.74) is 7.07. The Morgan fingerprint density at radius 1 is 1.04 bits per heavy atom. The van der Waals surface area contributed by atoms with E-state index in [1.54, 1.807) is 0 Å². The first-order valence-electron chi connectivity index (χ1n) is 8.65. The molecule has 2 rings (SSSR count). The monoisotopic (exact) mass is 356 g/mol. The molecule has 0 saturated carbocycles. The summed E-state index contributed by atoms with van der Waals surface area (Å²) in [6.07, 6.45) is -0.465. The molecule has 0 aliphatic carbocycles. The molecule has 26 heavy (non-hydrogen) atoms. The highest BCUT2D eigenvalue weighted by molar-refractivity contribution is 5.69. The highest BCUT2D eigenvalue weighted by Gasteiger charge is 2.30. The first-order chi connectivity index (χ1) is 12.1. The predicted molar refractivity (Wildman–Crippen MR) is 104 cm³/mol. The molecular weight excluding hydrogens is 328 g/mol. The van der Waals surface area contributed by atoms with Crippen molar-refractivity contribution in [2.45, 2.75) is 52.4 Å². The molecule has 0 saturated heterocycles. The number of carbonyl (C=O) groups excluding carboxylic acids is 1. The van der Waals surface area contributed by atoms with Gasteiger partial charge in [-0.2, -0.15) is 0 Å². The Morgan fingerprint density at radius 2 is 1.73 bits per heavy atom. The topological polar surface area (TPSA) is 73.6 Å². The molecule has 0 radical (unpaired) electrons. The Morgan fingerprint density at radius 3 is 2.38 bits per heavy atom. The van der Waals surface area contributed by atoms with Crippen LogP contribution in [0.1, 0.15) is 45.7 Å². The number of hydrogen-bond donors (Lipinski definition) is 2. The molecule has 0 aliphatic rings. The Hall–Kier alpha value is -2.69. The van der Waals surface area contributed by atoms with Crippen molar-refractivity contribution in [1.82, 2.24) is 5.32 Å². The van der Waals surface area contributed by atoms with E-state index in [-0.39, 0.29) is 5.54 Å². The number of rotatable bonds is 5. The molecule has 0 unspecified atom stereocenters. The van der Waals surface area contributed by atoms with Crippen molar-refractivity contribution in [1.29, 1.82) is 0 Å². The van der Waals surface area contributed by atoms with E-state index in [9.17, 15) is 4.79 Å². The van der Waals surface area contributed by atoms with E-state index in [2.05, 4.69) is 5.32 Å². The van der Waals surface area contributed by atoms with Crippen LogP contribution in [0, 0.1) is 0 Å². The summed E-state index contributed by atoms with van der Waals surface area (Å²) in [4.78, 5) is 12.2. The van der Waals surface area contributed by atoms with E-state index >= 15 is 0 Å². The predicted octanol–water partition coefficient (Wildman–Crippen LogP) is 4.61. The number of ether oxygens (including phenoxy) is 2. The van der Waals surface area contributed by atoms with Crippen LogP contribution in [0.15, 0.2) is 48.5 Å². The van der Waals surface area contributed by atoms with Crippen molar-refractivity contribution in [3.05, 3.63) is 59.7 Å². The summed E-state index contributed by atoms with van der Waals surface area (Å²) in [5.74, 6) is 0.670. The van der Waals surface area contributed by atoms with Gasteiger partial charge in [-0.15, -0.1) is 0 Å². The molecule has 140 valence electrons. The standard InChI is InChI=1S/C21H28N2O3/c1-20(2,3)23-19(24)26-21(4,5)17-11-6-7-12-18(17)25-14-15-9-8-10-16(22)13-15/h6-13H,14,22H2,1-5H3,(H,23,24). The second-order valence-corrected chi connectivity index (χ2v) is 7.80. The minimum Gasteiger partial charge on any atom is -0.488 e. The minimum absolute atomic E-state index is 0.365. The van der Waals surface area contributed by atoms with Gasteiger partial charge in [-0.05, 0) is 58.4 Å². The van der Waals surface area contributed by atoms with Gasteiger partial charge in [-0.25, -0.2) is 4.79 Å².